The van der Waals surface area contributed by atoms with Gasteiger partial charge in [0.1, 0.15) is 11.3 Å². The van der Waals surface area contributed by atoms with Crippen molar-refractivity contribution in [3.63, 3.8) is 0 Å². The lowest BCUT2D eigenvalue weighted by molar-refractivity contribution is 0.294. The minimum atomic E-state index is 0.279. The van der Waals surface area contributed by atoms with Crippen LogP contribution in [0.5, 0.6) is 0 Å². The van der Waals surface area contributed by atoms with E-state index in [9.17, 15) is 0 Å². The molecule has 4 aromatic rings. The summed E-state index contributed by atoms with van der Waals surface area (Å²) in [6, 6.07) is 18.4. The van der Waals surface area contributed by atoms with Crippen LogP contribution >= 0.6 is 0 Å². The van der Waals surface area contributed by atoms with Crippen LogP contribution in [0.1, 0.15) is 29.6 Å². The lowest BCUT2D eigenvalue weighted by atomic mass is 10.1. The second-order valence-corrected chi connectivity index (χ2v) is 7.28. The number of nitrogens with zero attached hydrogens (tertiary/aromatic N) is 3. The fourth-order valence-corrected chi connectivity index (χ4v) is 3.73. The van der Waals surface area contributed by atoms with Gasteiger partial charge in [0, 0.05) is 17.5 Å². The Balaban J connectivity index is 1.27. The van der Waals surface area contributed by atoms with Gasteiger partial charge in [-0.25, -0.2) is 0 Å². The van der Waals surface area contributed by atoms with Crippen molar-refractivity contribution in [2.75, 3.05) is 13.1 Å². The summed E-state index contributed by atoms with van der Waals surface area (Å²) in [6.45, 7) is 4.79. The van der Waals surface area contributed by atoms with Crippen LogP contribution in [-0.2, 0) is 6.54 Å². The van der Waals surface area contributed by atoms with Crippen molar-refractivity contribution < 1.29 is 8.83 Å². The fraction of sp³-hybridized carbons (Fsp3) is 0.273. The molecular weight excluding hydrogens is 338 g/mol. The van der Waals surface area contributed by atoms with Gasteiger partial charge in [0.15, 0.2) is 0 Å². The molecule has 1 saturated heterocycles. The minimum Gasteiger partial charge on any atom is -0.460 e. The molecular formula is C22H21N3O2. The number of para-hydroxylation sites is 1. The predicted octanol–water partition coefficient (Wildman–Crippen LogP) is 4.78. The highest BCUT2D eigenvalue weighted by Gasteiger charge is 2.29. The van der Waals surface area contributed by atoms with Gasteiger partial charge in [-0.15, -0.1) is 10.2 Å². The quantitative estimate of drug-likeness (QED) is 0.525. The topological polar surface area (TPSA) is 55.3 Å². The third kappa shape index (κ3) is 3.26. The number of rotatable bonds is 4. The molecule has 1 unspecified atom stereocenters. The zero-order valence-corrected chi connectivity index (χ0v) is 15.3. The van der Waals surface area contributed by atoms with Gasteiger partial charge in [-0.1, -0.05) is 35.9 Å². The number of hydrogen-bond donors (Lipinski definition) is 0. The van der Waals surface area contributed by atoms with E-state index in [2.05, 4.69) is 46.3 Å². The van der Waals surface area contributed by atoms with Gasteiger partial charge in [0.25, 0.3) is 0 Å². The van der Waals surface area contributed by atoms with Crippen molar-refractivity contribution in [3.8, 4) is 11.5 Å². The average Bonchev–Trinajstić information content (AvgIpc) is 3.41. The summed E-state index contributed by atoms with van der Waals surface area (Å²) in [5, 5.41) is 9.71. The normalized spacial score (nSPS) is 17.7. The molecule has 5 heteroatoms. The highest BCUT2D eigenvalue weighted by Crippen LogP contribution is 2.30. The molecule has 1 aliphatic heterocycles. The number of aromatic nitrogens is 2. The minimum absolute atomic E-state index is 0.279. The molecule has 2 aromatic carbocycles. The monoisotopic (exact) mass is 359 g/mol. The summed E-state index contributed by atoms with van der Waals surface area (Å²) >= 11 is 0. The Morgan fingerprint density at radius 1 is 1.04 bits per heavy atom. The highest BCUT2D eigenvalue weighted by atomic mass is 16.4. The zero-order valence-electron chi connectivity index (χ0n) is 15.3. The van der Waals surface area contributed by atoms with Gasteiger partial charge < -0.3 is 8.83 Å². The lowest BCUT2D eigenvalue weighted by Crippen LogP contribution is -2.19. The third-order valence-electron chi connectivity index (χ3n) is 5.22. The van der Waals surface area contributed by atoms with Crippen LogP contribution < -0.4 is 0 Å². The summed E-state index contributed by atoms with van der Waals surface area (Å²) in [5.74, 6) is 2.61. The standard InChI is InChI=1S/C22H21N3O2/c1-15-6-8-16(9-7-15)21-23-24-22(27-21)18-10-11-25(13-18)14-19-12-17-4-2-3-5-20(17)26-19/h2-9,12,18H,10-11,13-14H2,1H3. The molecule has 5 rings (SSSR count). The van der Waals surface area contributed by atoms with Gasteiger partial charge in [0.2, 0.25) is 11.8 Å². The van der Waals surface area contributed by atoms with E-state index in [-0.39, 0.29) is 5.92 Å². The smallest absolute Gasteiger partial charge is 0.247 e. The van der Waals surface area contributed by atoms with E-state index in [1.54, 1.807) is 0 Å². The van der Waals surface area contributed by atoms with Crippen LogP contribution in [0.4, 0.5) is 0 Å². The maximum Gasteiger partial charge on any atom is 0.247 e. The van der Waals surface area contributed by atoms with Gasteiger partial charge in [-0.05, 0) is 44.2 Å². The van der Waals surface area contributed by atoms with Crippen LogP contribution in [0, 0.1) is 6.92 Å². The summed E-state index contributed by atoms with van der Waals surface area (Å²) in [5.41, 5.74) is 3.13. The van der Waals surface area contributed by atoms with Crippen LogP contribution in [0.2, 0.25) is 0 Å². The molecule has 0 aliphatic carbocycles. The maximum absolute atomic E-state index is 5.97. The number of furan rings is 1. The average molecular weight is 359 g/mol. The van der Waals surface area contributed by atoms with Crippen LogP contribution in [0.15, 0.2) is 63.4 Å². The molecule has 0 saturated carbocycles. The summed E-state index contributed by atoms with van der Waals surface area (Å²) < 4.78 is 11.9. The molecule has 3 heterocycles. The molecule has 1 aliphatic rings. The largest absolute Gasteiger partial charge is 0.460 e. The van der Waals surface area contributed by atoms with E-state index in [0.717, 1.165) is 54.2 Å². The maximum atomic E-state index is 5.97. The van der Waals surface area contributed by atoms with Crippen LogP contribution in [0.3, 0.4) is 0 Å². The van der Waals surface area contributed by atoms with E-state index in [1.807, 2.05) is 30.3 Å². The molecule has 2 aromatic heterocycles. The Bertz CT molecular complexity index is 1030. The Kier molecular flexibility index (Phi) is 4.02. The van der Waals surface area contributed by atoms with Crippen LogP contribution in [0.25, 0.3) is 22.4 Å². The van der Waals surface area contributed by atoms with E-state index < -0.39 is 0 Å². The Labute approximate surface area is 157 Å². The molecule has 0 spiro atoms. The molecule has 0 amide bonds. The third-order valence-corrected chi connectivity index (χ3v) is 5.22. The number of benzene rings is 2. The molecule has 1 fully saturated rings. The van der Waals surface area contributed by atoms with Crippen LogP contribution in [-0.4, -0.2) is 28.2 Å². The van der Waals surface area contributed by atoms with E-state index in [4.69, 9.17) is 8.83 Å². The first kappa shape index (κ1) is 16.3. The molecule has 1 atom stereocenters. The second-order valence-electron chi connectivity index (χ2n) is 7.28. The summed E-state index contributed by atoms with van der Waals surface area (Å²) in [4.78, 5) is 2.39. The number of aryl methyl sites for hydroxylation is 1. The van der Waals surface area contributed by atoms with Crippen molar-refractivity contribution >= 4 is 11.0 Å². The van der Waals surface area contributed by atoms with Crippen molar-refractivity contribution in [3.05, 3.63) is 71.8 Å². The fourth-order valence-electron chi connectivity index (χ4n) is 3.73. The van der Waals surface area contributed by atoms with Crippen molar-refractivity contribution in [1.82, 2.24) is 15.1 Å². The Morgan fingerprint density at radius 2 is 1.89 bits per heavy atom. The first-order chi connectivity index (χ1) is 13.2. The number of likely N-dealkylation sites (tertiary alicyclic amines) is 1. The van der Waals surface area contributed by atoms with E-state index in [0.29, 0.717) is 5.89 Å². The highest BCUT2D eigenvalue weighted by molar-refractivity contribution is 5.77. The Morgan fingerprint density at radius 3 is 2.74 bits per heavy atom. The number of fused-ring (bicyclic) bond motifs is 1. The van der Waals surface area contributed by atoms with Gasteiger partial charge in [0.05, 0.1) is 12.5 Å². The second kappa shape index (κ2) is 6.67. The van der Waals surface area contributed by atoms with Gasteiger partial charge in [-0.3, -0.25) is 4.90 Å². The first-order valence-corrected chi connectivity index (χ1v) is 9.35. The molecule has 5 nitrogen and oxygen atoms in total. The molecule has 0 radical (unpaired) electrons. The van der Waals surface area contributed by atoms with Crippen molar-refractivity contribution in [1.29, 1.82) is 0 Å². The molecule has 0 N–H and O–H groups in total. The molecule has 27 heavy (non-hydrogen) atoms. The number of hydrogen-bond acceptors (Lipinski definition) is 5. The summed E-state index contributed by atoms with van der Waals surface area (Å²) in [6.07, 6.45) is 1.02. The Hall–Kier alpha value is -2.92. The lowest BCUT2D eigenvalue weighted by Gasteiger charge is -2.12. The van der Waals surface area contributed by atoms with Gasteiger partial charge in [-0.2, -0.15) is 0 Å². The zero-order chi connectivity index (χ0) is 18.2. The van der Waals surface area contributed by atoms with E-state index in [1.165, 1.54) is 5.56 Å². The molecule has 0 bridgehead atoms. The van der Waals surface area contributed by atoms with E-state index >= 15 is 0 Å². The van der Waals surface area contributed by atoms with Gasteiger partial charge >= 0.3 is 0 Å². The molecule has 136 valence electrons. The SMILES string of the molecule is Cc1ccc(-c2nnc(C3CCN(Cc4cc5ccccc5o4)C3)o2)cc1. The van der Waals surface area contributed by atoms with Crippen molar-refractivity contribution in [2.45, 2.75) is 25.8 Å². The summed E-state index contributed by atoms with van der Waals surface area (Å²) in [7, 11) is 0. The van der Waals surface area contributed by atoms with Crippen molar-refractivity contribution in [2.24, 2.45) is 0 Å². The first-order valence-electron chi connectivity index (χ1n) is 9.35. The predicted molar refractivity (Wildman–Crippen MR) is 103 cm³/mol.